The van der Waals surface area contributed by atoms with Crippen molar-refractivity contribution in [2.75, 3.05) is 0 Å². The number of pyridine rings is 1. The summed E-state index contributed by atoms with van der Waals surface area (Å²) in [6.45, 7) is 0. The standard InChI is InChI=1S/C19H11Cl2N3O2/c20-12-3-7-14(8-4-12)23-19-24(15-9-5-13(21)6-10-15)18(25)16-2-1-11-22-17(16)26-19/h1-11H. The monoisotopic (exact) mass is 383 g/mol. The van der Waals surface area contributed by atoms with Crippen LogP contribution in [-0.4, -0.2) is 9.55 Å². The molecule has 0 saturated heterocycles. The van der Waals surface area contributed by atoms with Crippen LogP contribution in [0.5, 0.6) is 0 Å². The van der Waals surface area contributed by atoms with Crippen LogP contribution in [0, 0.1) is 0 Å². The fraction of sp³-hybridized carbons (Fsp3) is 0. The van der Waals surface area contributed by atoms with Crippen LogP contribution in [0.3, 0.4) is 0 Å². The van der Waals surface area contributed by atoms with Gasteiger partial charge in [0, 0.05) is 16.2 Å². The molecule has 4 aromatic rings. The highest BCUT2D eigenvalue weighted by Gasteiger charge is 2.11. The van der Waals surface area contributed by atoms with Crippen LogP contribution in [0.1, 0.15) is 0 Å². The van der Waals surface area contributed by atoms with Crippen molar-refractivity contribution in [2.45, 2.75) is 0 Å². The van der Waals surface area contributed by atoms with Crippen molar-refractivity contribution in [1.29, 1.82) is 0 Å². The first-order chi connectivity index (χ1) is 12.6. The zero-order valence-corrected chi connectivity index (χ0v) is 14.8. The van der Waals surface area contributed by atoms with Gasteiger partial charge in [0.2, 0.25) is 5.71 Å². The summed E-state index contributed by atoms with van der Waals surface area (Å²) < 4.78 is 7.20. The Balaban J connectivity index is 2.07. The smallest absolute Gasteiger partial charge is 0.311 e. The molecule has 4 rings (SSSR count). The van der Waals surface area contributed by atoms with Gasteiger partial charge in [0.15, 0.2) is 0 Å². The maximum Gasteiger partial charge on any atom is 0.311 e. The predicted molar refractivity (Wildman–Crippen MR) is 101 cm³/mol. The van der Waals surface area contributed by atoms with Crippen LogP contribution in [0.15, 0.2) is 81.1 Å². The molecule has 0 aliphatic carbocycles. The lowest BCUT2D eigenvalue weighted by atomic mass is 10.3. The number of hydrogen-bond acceptors (Lipinski definition) is 4. The van der Waals surface area contributed by atoms with Crippen LogP contribution in [0.2, 0.25) is 10.0 Å². The second-order valence-corrected chi connectivity index (χ2v) is 6.32. The lowest BCUT2D eigenvalue weighted by Gasteiger charge is -2.07. The second kappa shape index (κ2) is 6.78. The largest absolute Gasteiger partial charge is 0.405 e. The van der Waals surface area contributed by atoms with E-state index in [0.29, 0.717) is 26.8 Å². The van der Waals surface area contributed by atoms with Gasteiger partial charge in [0.1, 0.15) is 5.39 Å². The van der Waals surface area contributed by atoms with E-state index in [0.717, 1.165) is 0 Å². The first kappa shape index (κ1) is 16.6. The molecular weight excluding hydrogens is 373 g/mol. The van der Waals surface area contributed by atoms with E-state index >= 15 is 0 Å². The third-order valence-corrected chi connectivity index (χ3v) is 4.22. The van der Waals surface area contributed by atoms with Crippen molar-refractivity contribution in [1.82, 2.24) is 9.55 Å². The fourth-order valence-electron chi connectivity index (χ4n) is 2.49. The van der Waals surface area contributed by atoms with Gasteiger partial charge < -0.3 is 4.42 Å². The SMILES string of the molecule is O=c1c2cccnc2oc(=Nc2ccc(Cl)cc2)n1-c1ccc(Cl)cc1. The summed E-state index contributed by atoms with van der Waals surface area (Å²) in [5.74, 6) is 0. The molecule has 0 saturated carbocycles. The third kappa shape index (κ3) is 3.14. The zero-order chi connectivity index (χ0) is 18.1. The second-order valence-electron chi connectivity index (χ2n) is 5.45. The number of fused-ring (bicyclic) bond motifs is 1. The zero-order valence-electron chi connectivity index (χ0n) is 13.3. The van der Waals surface area contributed by atoms with Crippen LogP contribution >= 0.6 is 23.2 Å². The number of halogens is 2. The minimum absolute atomic E-state index is 0.103. The number of nitrogens with zero attached hydrogens (tertiary/aromatic N) is 3. The molecule has 0 radical (unpaired) electrons. The molecule has 0 spiro atoms. The molecule has 2 aromatic carbocycles. The van der Waals surface area contributed by atoms with Crippen molar-refractivity contribution in [3.8, 4) is 5.69 Å². The molecule has 0 N–H and O–H groups in total. The van der Waals surface area contributed by atoms with Crippen molar-refractivity contribution in [2.24, 2.45) is 4.99 Å². The molecule has 26 heavy (non-hydrogen) atoms. The Morgan fingerprint density at radius 3 is 2.27 bits per heavy atom. The van der Waals surface area contributed by atoms with E-state index in [2.05, 4.69) is 9.98 Å². The highest BCUT2D eigenvalue weighted by Crippen LogP contribution is 2.16. The Morgan fingerprint density at radius 1 is 0.923 bits per heavy atom. The summed E-state index contributed by atoms with van der Waals surface area (Å²) in [7, 11) is 0. The average Bonchev–Trinajstić information content (AvgIpc) is 2.65. The summed E-state index contributed by atoms with van der Waals surface area (Å²) >= 11 is 11.9. The van der Waals surface area contributed by atoms with Crippen molar-refractivity contribution in [3.63, 3.8) is 0 Å². The van der Waals surface area contributed by atoms with Gasteiger partial charge in [0.25, 0.3) is 5.56 Å². The molecule has 5 nitrogen and oxygen atoms in total. The van der Waals surface area contributed by atoms with Gasteiger partial charge in [-0.25, -0.2) is 9.55 Å². The van der Waals surface area contributed by atoms with Gasteiger partial charge >= 0.3 is 5.68 Å². The Morgan fingerprint density at radius 2 is 1.58 bits per heavy atom. The van der Waals surface area contributed by atoms with Gasteiger partial charge in [-0.2, -0.15) is 4.99 Å². The van der Waals surface area contributed by atoms with E-state index in [1.54, 1.807) is 66.9 Å². The van der Waals surface area contributed by atoms with Gasteiger partial charge in [-0.15, -0.1) is 0 Å². The Kier molecular flexibility index (Phi) is 4.32. The van der Waals surface area contributed by atoms with Gasteiger partial charge in [-0.05, 0) is 60.7 Å². The Bertz CT molecular complexity index is 1210. The van der Waals surface area contributed by atoms with Gasteiger partial charge in [-0.1, -0.05) is 23.2 Å². The molecule has 0 unspecified atom stereocenters. The lowest BCUT2D eigenvalue weighted by molar-refractivity contribution is 0.478. The summed E-state index contributed by atoms with van der Waals surface area (Å²) in [5.41, 5.74) is 1.22. The van der Waals surface area contributed by atoms with Crippen LogP contribution in [-0.2, 0) is 0 Å². The van der Waals surface area contributed by atoms with E-state index in [1.807, 2.05) is 0 Å². The van der Waals surface area contributed by atoms with E-state index in [4.69, 9.17) is 27.6 Å². The quantitative estimate of drug-likeness (QED) is 0.511. The van der Waals surface area contributed by atoms with Crippen LogP contribution < -0.4 is 11.2 Å². The molecule has 0 aliphatic heterocycles. The number of hydrogen-bond donors (Lipinski definition) is 0. The maximum absolute atomic E-state index is 13.0. The Hall–Kier alpha value is -2.89. The minimum Gasteiger partial charge on any atom is -0.405 e. The first-order valence-corrected chi connectivity index (χ1v) is 8.44. The lowest BCUT2D eigenvalue weighted by Crippen LogP contribution is -2.32. The normalized spacial score (nSPS) is 11.8. The van der Waals surface area contributed by atoms with Gasteiger partial charge in [-0.3, -0.25) is 4.79 Å². The molecule has 7 heteroatoms. The number of aromatic nitrogens is 2. The predicted octanol–water partition coefficient (Wildman–Crippen LogP) is 4.52. The van der Waals surface area contributed by atoms with Crippen molar-refractivity contribution < 1.29 is 4.42 Å². The molecule has 0 fully saturated rings. The molecule has 128 valence electrons. The highest BCUT2D eigenvalue weighted by molar-refractivity contribution is 6.30. The topological polar surface area (TPSA) is 60.4 Å². The first-order valence-electron chi connectivity index (χ1n) is 7.69. The van der Waals surface area contributed by atoms with E-state index < -0.39 is 0 Å². The minimum atomic E-state index is -0.283. The Labute approximate surface area is 157 Å². The molecule has 0 aliphatic rings. The van der Waals surface area contributed by atoms with Crippen molar-refractivity contribution in [3.05, 3.63) is 92.9 Å². The summed E-state index contributed by atoms with van der Waals surface area (Å²) in [6.07, 6.45) is 1.56. The van der Waals surface area contributed by atoms with Gasteiger partial charge in [0.05, 0.1) is 11.4 Å². The summed E-state index contributed by atoms with van der Waals surface area (Å²) in [6, 6.07) is 17.1. The van der Waals surface area contributed by atoms with E-state index in [-0.39, 0.29) is 17.0 Å². The van der Waals surface area contributed by atoms with E-state index in [9.17, 15) is 4.79 Å². The molecule has 2 heterocycles. The third-order valence-electron chi connectivity index (χ3n) is 3.72. The van der Waals surface area contributed by atoms with Crippen LogP contribution in [0.25, 0.3) is 16.8 Å². The number of benzene rings is 2. The highest BCUT2D eigenvalue weighted by atomic mass is 35.5. The summed E-state index contributed by atoms with van der Waals surface area (Å²) in [5, 5.41) is 1.52. The molecule has 2 aromatic heterocycles. The van der Waals surface area contributed by atoms with E-state index in [1.165, 1.54) is 4.57 Å². The molecule has 0 bridgehead atoms. The fourth-order valence-corrected chi connectivity index (χ4v) is 2.74. The molecule has 0 atom stereocenters. The average molecular weight is 384 g/mol. The van der Waals surface area contributed by atoms with Crippen LogP contribution in [0.4, 0.5) is 5.69 Å². The number of rotatable bonds is 2. The molecule has 0 amide bonds. The maximum atomic E-state index is 13.0. The molecular formula is C19H11Cl2N3O2. The van der Waals surface area contributed by atoms with Crippen molar-refractivity contribution >= 4 is 40.0 Å². The summed E-state index contributed by atoms with van der Waals surface area (Å²) in [4.78, 5) is 21.6.